The molecule has 1 spiro atoms. The molecule has 0 aromatic carbocycles. The zero-order chi connectivity index (χ0) is 15.9. The molecule has 1 saturated carbocycles. The van der Waals surface area contributed by atoms with Crippen molar-refractivity contribution in [2.75, 3.05) is 25.4 Å². The lowest BCUT2D eigenvalue weighted by Gasteiger charge is -2.47. The Balaban J connectivity index is 1.25. The minimum atomic E-state index is 0.0934. The predicted molar refractivity (Wildman–Crippen MR) is 94.3 cm³/mol. The van der Waals surface area contributed by atoms with E-state index in [9.17, 15) is 4.79 Å². The molecule has 3 fully saturated rings. The number of aromatic nitrogens is 1. The van der Waals surface area contributed by atoms with E-state index in [4.69, 9.17) is 4.74 Å². The van der Waals surface area contributed by atoms with Crippen molar-refractivity contribution in [2.45, 2.75) is 49.9 Å². The van der Waals surface area contributed by atoms with Gasteiger partial charge in [0.2, 0.25) is 0 Å². The first kappa shape index (κ1) is 15.9. The van der Waals surface area contributed by atoms with Crippen molar-refractivity contribution in [3.8, 4) is 0 Å². The van der Waals surface area contributed by atoms with Crippen molar-refractivity contribution < 1.29 is 9.53 Å². The number of hydrogen-bond acceptors (Lipinski definition) is 5. The van der Waals surface area contributed by atoms with E-state index < -0.39 is 0 Å². The van der Waals surface area contributed by atoms with Gasteiger partial charge in [0.1, 0.15) is 5.69 Å². The molecule has 4 rings (SSSR count). The first-order valence-corrected chi connectivity index (χ1v) is 10.5. The van der Waals surface area contributed by atoms with Crippen molar-refractivity contribution in [1.82, 2.24) is 9.88 Å². The van der Waals surface area contributed by atoms with Gasteiger partial charge in [-0.2, -0.15) is 0 Å². The molecule has 1 aromatic heterocycles. The van der Waals surface area contributed by atoms with Crippen molar-refractivity contribution in [3.05, 3.63) is 16.1 Å². The molecule has 1 unspecified atom stereocenters. The van der Waals surface area contributed by atoms with E-state index >= 15 is 0 Å². The summed E-state index contributed by atoms with van der Waals surface area (Å²) in [6.45, 7) is 4.60. The number of aryl methyl sites for hydroxylation is 1. The van der Waals surface area contributed by atoms with Crippen molar-refractivity contribution in [3.63, 3.8) is 0 Å². The van der Waals surface area contributed by atoms with Crippen LogP contribution in [0.2, 0.25) is 0 Å². The summed E-state index contributed by atoms with van der Waals surface area (Å²) < 4.78 is 6.42. The molecule has 2 aliphatic heterocycles. The molecule has 126 valence electrons. The Morgan fingerprint density at radius 2 is 2.22 bits per heavy atom. The molecule has 0 bridgehead atoms. The Morgan fingerprint density at radius 1 is 1.43 bits per heavy atom. The molecule has 3 heterocycles. The van der Waals surface area contributed by atoms with E-state index in [1.807, 2.05) is 29.0 Å². The molecule has 0 radical (unpaired) electrons. The van der Waals surface area contributed by atoms with Crippen LogP contribution in [-0.2, 0) is 4.74 Å². The summed E-state index contributed by atoms with van der Waals surface area (Å²) in [4.78, 5) is 18.6. The molecule has 1 aliphatic carbocycles. The standard InChI is InChI=1S/C17H24N2O2S2/c1-12-18-15(9-22-12)16(20)19-10-17(11-19)6-14(8-23-17)21-7-13-4-2-3-5-13/h9,13-14H,2-8,10-11H2,1H3. The molecule has 3 aliphatic rings. The molecule has 23 heavy (non-hydrogen) atoms. The lowest BCUT2D eigenvalue weighted by Crippen LogP contribution is -2.60. The monoisotopic (exact) mass is 352 g/mol. The maximum Gasteiger partial charge on any atom is 0.273 e. The predicted octanol–water partition coefficient (Wildman–Crippen LogP) is 3.36. The van der Waals surface area contributed by atoms with Crippen LogP contribution in [-0.4, -0.2) is 52.1 Å². The Labute approximate surface area is 146 Å². The summed E-state index contributed by atoms with van der Waals surface area (Å²) in [7, 11) is 0. The SMILES string of the molecule is Cc1nc(C(=O)N2CC3(CC(OCC4CCCC4)CS3)C2)cs1. The molecular weight excluding hydrogens is 328 g/mol. The largest absolute Gasteiger partial charge is 0.377 e. The molecule has 6 heteroatoms. The Bertz CT molecular complexity index is 577. The van der Waals surface area contributed by atoms with Crippen LogP contribution in [0.25, 0.3) is 0 Å². The van der Waals surface area contributed by atoms with Gasteiger partial charge in [-0.1, -0.05) is 12.8 Å². The molecule has 1 atom stereocenters. The van der Waals surface area contributed by atoms with Crippen molar-refractivity contribution in [1.29, 1.82) is 0 Å². The van der Waals surface area contributed by atoms with Crippen LogP contribution in [0.1, 0.15) is 47.6 Å². The van der Waals surface area contributed by atoms with Gasteiger partial charge in [-0.3, -0.25) is 4.79 Å². The number of nitrogens with zero attached hydrogens (tertiary/aromatic N) is 2. The van der Waals surface area contributed by atoms with E-state index in [0.29, 0.717) is 11.8 Å². The lowest BCUT2D eigenvalue weighted by molar-refractivity contribution is 0.0196. The fraction of sp³-hybridized carbons (Fsp3) is 0.765. The highest BCUT2D eigenvalue weighted by atomic mass is 32.2. The average Bonchev–Trinajstić information content (AvgIpc) is 3.23. The van der Waals surface area contributed by atoms with E-state index in [0.717, 1.165) is 42.8 Å². The third kappa shape index (κ3) is 3.30. The normalized spacial score (nSPS) is 26.8. The Hall–Kier alpha value is -0.590. The maximum absolute atomic E-state index is 12.4. The van der Waals surface area contributed by atoms with Crippen molar-refractivity contribution >= 4 is 29.0 Å². The smallest absolute Gasteiger partial charge is 0.273 e. The highest BCUT2D eigenvalue weighted by Crippen LogP contribution is 2.46. The third-order valence-electron chi connectivity index (χ3n) is 5.30. The number of ether oxygens (including phenoxy) is 1. The number of rotatable bonds is 4. The first-order valence-electron chi connectivity index (χ1n) is 8.60. The van der Waals surface area contributed by atoms with Gasteiger partial charge in [-0.25, -0.2) is 4.98 Å². The minimum absolute atomic E-state index is 0.0934. The number of hydrogen-bond donors (Lipinski definition) is 0. The Kier molecular flexibility index (Phi) is 4.41. The topological polar surface area (TPSA) is 42.4 Å². The second-order valence-corrected chi connectivity index (χ2v) is 9.77. The van der Waals surface area contributed by atoms with E-state index in [1.54, 1.807) is 11.3 Å². The van der Waals surface area contributed by atoms with Gasteiger partial charge in [0, 0.05) is 30.8 Å². The number of likely N-dealkylation sites (tertiary alicyclic amines) is 1. The molecule has 2 saturated heterocycles. The fourth-order valence-electron chi connectivity index (χ4n) is 4.00. The zero-order valence-electron chi connectivity index (χ0n) is 13.6. The summed E-state index contributed by atoms with van der Waals surface area (Å²) >= 11 is 3.55. The van der Waals surface area contributed by atoms with Crippen LogP contribution in [0.3, 0.4) is 0 Å². The number of carbonyl (C=O) groups is 1. The molecule has 4 nitrogen and oxygen atoms in total. The summed E-state index contributed by atoms with van der Waals surface area (Å²) in [6, 6.07) is 0. The van der Waals surface area contributed by atoms with Gasteiger partial charge < -0.3 is 9.64 Å². The number of amides is 1. The third-order valence-corrected chi connectivity index (χ3v) is 7.65. The van der Waals surface area contributed by atoms with Crippen LogP contribution in [0.15, 0.2) is 5.38 Å². The van der Waals surface area contributed by atoms with Crippen LogP contribution >= 0.6 is 23.1 Å². The summed E-state index contributed by atoms with van der Waals surface area (Å²) in [5, 5.41) is 2.83. The van der Waals surface area contributed by atoms with Crippen LogP contribution in [0, 0.1) is 12.8 Å². The molecule has 0 N–H and O–H groups in total. The average molecular weight is 353 g/mol. The fourth-order valence-corrected chi connectivity index (χ4v) is 6.13. The van der Waals surface area contributed by atoms with E-state index in [2.05, 4.69) is 4.98 Å². The van der Waals surface area contributed by atoms with E-state index in [-0.39, 0.29) is 10.7 Å². The van der Waals surface area contributed by atoms with Gasteiger partial charge >= 0.3 is 0 Å². The van der Waals surface area contributed by atoms with Gasteiger partial charge in [0.15, 0.2) is 0 Å². The second kappa shape index (κ2) is 6.37. The highest BCUT2D eigenvalue weighted by Gasteiger charge is 2.51. The van der Waals surface area contributed by atoms with Crippen LogP contribution in [0.5, 0.6) is 0 Å². The number of carbonyl (C=O) groups excluding carboxylic acids is 1. The van der Waals surface area contributed by atoms with Gasteiger partial charge in [0.25, 0.3) is 5.91 Å². The number of thiazole rings is 1. The van der Waals surface area contributed by atoms with Crippen molar-refractivity contribution in [2.24, 2.45) is 5.92 Å². The highest BCUT2D eigenvalue weighted by molar-refractivity contribution is 8.01. The molecule has 1 amide bonds. The molecule has 1 aromatic rings. The summed E-state index contributed by atoms with van der Waals surface area (Å²) in [6.07, 6.45) is 6.94. The van der Waals surface area contributed by atoms with E-state index in [1.165, 1.54) is 25.7 Å². The van der Waals surface area contributed by atoms with Crippen LogP contribution < -0.4 is 0 Å². The Morgan fingerprint density at radius 3 is 2.91 bits per heavy atom. The van der Waals surface area contributed by atoms with Gasteiger partial charge in [-0.05, 0) is 32.1 Å². The van der Waals surface area contributed by atoms with Gasteiger partial charge in [-0.15, -0.1) is 23.1 Å². The summed E-state index contributed by atoms with van der Waals surface area (Å²) in [5.41, 5.74) is 0.611. The summed E-state index contributed by atoms with van der Waals surface area (Å²) in [5.74, 6) is 1.98. The minimum Gasteiger partial charge on any atom is -0.377 e. The van der Waals surface area contributed by atoms with Gasteiger partial charge in [0.05, 0.1) is 15.9 Å². The van der Waals surface area contributed by atoms with Crippen LogP contribution in [0.4, 0.5) is 0 Å². The zero-order valence-corrected chi connectivity index (χ0v) is 15.3. The molecular formula is C17H24N2O2S2. The number of thioether (sulfide) groups is 1. The quantitative estimate of drug-likeness (QED) is 0.833. The maximum atomic E-state index is 12.4. The lowest BCUT2D eigenvalue weighted by atomic mass is 9.92. The first-order chi connectivity index (χ1) is 11.1. The second-order valence-electron chi connectivity index (χ2n) is 7.22.